The topological polar surface area (TPSA) is 66.0 Å². The van der Waals surface area contributed by atoms with E-state index in [0.717, 1.165) is 5.75 Å². The maximum Gasteiger partial charge on any atom is 0.265 e. The molecule has 3 rings (SSSR count). The average molecular weight is 393 g/mol. The third-order valence-electron chi connectivity index (χ3n) is 4.16. The minimum absolute atomic E-state index is 0.251. The molecule has 0 fully saturated rings. The number of nitrogens with one attached hydrogen (secondary N) is 1. The molecule has 150 valence electrons. The van der Waals surface area contributed by atoms with E-state index in [9.17, 15) is 4.79 Å². The molecule has 0 aromatic heterocycles. The molecule has 0 aliphatic heterocycles. The summed E-state index contributed by atoms with van der Waals surface area (Å²) in [6, 6.07) is 21.6. The second-order valence-electron chi connectivity index (χ2n) is 6.20. The van der Waals surface area contributed by atoms with Gasteiger partial charge < -0.3 is 24.3 Å². The summed E-state index contributed by atoms with van der Waals surface area (Å²) in [4.78, 5) is 12.4. The van der Waals surface area contributed by atoms with Crippen LogP contribution < -0.4 is 24.3 Å². The van der Waals surface area contributed by atoms with E-state index in [1.807, 2.05) is 24.3 Å². The Bertz CT molecular complexity index is 938. The highest BCUT2D eigenvalue weighted by Gasteiger charge is 2.15. The highest BCUT2D eigenvalue weighted by Crippen LogP contribution is 2.31. The summed E-state index contributed by atoms with van der Waals surface area (Å²) in [6.07, 6.45) is -0.659. The van der Waals surface area contributed by atoms with Crippen LogP contribution in [0, 0.1) is 0 Å². The van der Waals surface area contributed by atoms with E-state index >= 15 is 0 Å². The zero-order chi connectivity index (χ0) is 20.6. The van der Waals surface area contributed by atoms with Gasteiger partial charge in [-0.1, -0.05) is 12.1 Å². The first-order valence-electron chi connectivity index (χ1n) is 9.11. The Hall–Kier alpha value is -3.67. The monoisotopic (exact) mass is 393 g/mol. The summed E-state index contributed by atoms with van der Waals surface area (Å²) in [5, 5.41) is 2.83. The molecule has 0 bridgehead atoms. The van der Waals surface area contributed by atoms with E-state index in [0.29, 0.717) is 28.7 Å². The van der Waals surface area contributed by atoms with Gasteiger partial charge in [-0.2, -0.15) is 0 Å². The van der Waals surface area contributed by atoms with E-state index in [1.165, 1.54) is 0 Å². The smallest absolute Gasteiger partial charge is 0.265 e. The number of anilines is 1. The standard InChI is InChI=1S/C23H23NO5/c1-16(28-19-14-12-18(26-2)13-15-19)23(25)24-17-8-10-20(11-9-17)29-22-7-5-4-6-21(22)27-3/h4-16H,1-3H3,(H,24,25)/t16-/m1/s1. The molecule has 3 aromatic carbocycles. The molecule has 1 atom stereocenters. The molecule has 0 spiro atoms. The Kier molecular flexibility index (Phi) is 6.58. The lowest BCUT2D eigenvalue weighted by Gasteiger charge is -2.15. The van der Waals surface area contributed by atoms with Crippen LogP contribution in [-0.2, 0) is 4.79 Å². The predicted octanol–water partition coefficient (Wildman–Crippen LogP) is 4.90. The summed E-state index contributed by atoms with van der Waals surface area (Å²) in [7, 11) is 3.19. The molecule has 0 aliphatic carbocycles. The average Bonchev–Trinajstić information content (AvgIpc) is 2.76. The Morgan fingerprint density at radius 3 is 1.97 bits per heavy atom. The first-order chi connectivity index (χ1) is 14.1. The number of amides is 1. The van der Waals surface area contributed by atoms with Gasteiger partial charge in [-0.15, -0.1) is 0 Å². The summed E-state index contributed by atoms with van der Waals surface area (Å²) in [5.41, 5.74) is 0.646. The van der Waals surface area contributed by atoms with Gasteiger partial charge in [0.2, 0.25) is 0 Å². The largest absolute Gasteiger partial charge is 0.497 e. The van der Waals surface area contributed by atoms with Gasteiger partial charge in [-0.05, 0) is 67.6 Å². The van der Waals surface area contributed by atoms with E-state index in [-0.39, 0.29) is 5.91 Å². The zero-order valence-corrected chi connectivity index (χ0v) is 16.5. The molecule has 0 saturated heterocycles. The number of hydrogen-bond acceptors (Lipinski definition) is 5. The lowest BCUT2D eigenvalue weighted by atomic mass is 10.2. The number of hydrogen-bond donors (Lipinski definition) is 1. The summed E-state index contributed by atoms with van der Waals surface area (Å²) < 4.78 is 21.9. The second-order valence-corrected chi connectivity index (χ2v) is 6.20. The number of para-hydroxylation sites is 2. The highest BCUT2D eigenvalue weighted by molar-refractivity contribution is 5.94. The first-order valence-corrected chi connectivity index (χ1v) is 9.11. The summed E-state index contributed by atoms with van der Waals surface area (Å²) in [6.45, 7) is 1.69. The van der Waals surface area contributed by atoms with E-state index < -0.39 is 6.10 Å². The van der Waals surface area contributed by atoms with Crippen LogP contribution in [0.15, 0.2) is 72.8 Å². The second kappa shape index (κ2) is 9.50. The van der Waals surface area contributed by atoms with Gasteiger partial charge in [0.1, 0.15) is 17.2 Å². The number of benzene rings is 3. The zero-order valence-electron chi connectivity index (χ0n) is 16.5. The SMILES string of the molecule is COc1ccc(O[C@H](C)C(=O)Nc2ccc(Oc3ccccc3OC)cc2)cc1. The molecule has 1 N–H and O–H groups in total. The van der Waals surface area contributed by atoms with Gasteiger partial charge in [-0.3, -0.25) is 4.79 Å². The maximum absolute atomic E-state index is 12.4. The molecule has 29 heavy (non-hydrogen) atoms. The first kappa shape index (κ1) is 20.1. The molecule has 0 unspecified atom stereocenters. The third kappa shape index (κ3) is 5.42. The van der Waals surface area contributed by atoms with Crippen LogP contribution in [0.25, 0.3) is 0 Å². The van der Waals surface area contributed by atoms with Gasteiger partial charge in [-0.25, -0.2) is 0 Å². The van der Waals surface area contributed by atoms with Crippen LogP contribution in [0.5, 0.6) is 28.7 Å². The third-order valence-corrected chi connectivity index (χ3v) is 4.16. The molecule has 3 aromatic rings. The number of carbonyl (C=O) groups excluding carboxylic acids is 1. The van der Waals surface area contributed by atoms with E-state index in [4.69, 9.17) is 18.9 Å². The van der Waals surface area contributed by atoms with E-state index in [1.54, 1.807) is 69.7 Å². The van der Waals surface area contributed by atoms with Crippen molar-refractivity contribution in [1.29, 1.82) is 0 Å². The molecule has 0 radical (unpaired) electrons. The van der Waals surface area contributed by atoms with Crippen LogP contribution in [-0.4, -0.2) is 26.2 Å². The van der Waals surface area contributed by atoms with Crippen molar-refractivity contribution in [3.8, 4) is 28.7 Å². The number of carbonyl (C=O) groups is 1. The lowest BCUT2D eigenvalue weighted by Crippen LogP contribution is -2.30. The fraction of sp³-hybridized carbons (Fsp3) is 0.174. The minimum Gasteiger partial charge on any atom is -0.497 e. The Morgan fingerprint density at radius 1 is 0.759 bits per heavy atom. The molecule has 1 amide bonds. The maximum atomic E-state index is 12.4. The van der Waals surface area contributed by atoms with Crippen molar-refractivity contribution in [2.24, 2.45) is 0 Å². The molecule has 6 heteroatoms. The predicted molar refractivity (Wildman–Crippen MR) is 111 cm³/mol. The van der Waals surface area contributed by atoms with Gasteiger partial charge in [0.15, 0.2) is 17.6 Å². The van der Waals surface area contributed by atoms with Crippen LogP contribution in [0.3, 0.4) is 0 Å². The van der Waals surface area contributed by atoms with Crippen molar-refractivity contribution in [2.75, 3.05) is 19.5 Å². The van der Waals surface area contributed by atoms with Crippen molar-refractivity contribution in [1.82, 2.24) is 0 Å². The molecular formula is C23H23NO5. The Morgan fingerprint density at radius 2 is 1.34 bits per heavy atom. The summed E-state index contributed by atoms with van der Waals surface area (Å²) in [5.74, 6) is 2.97. The molecule has 0 saturated carbocycles. The number of ether oxygens (including phenoxy) is 4. The Balaban J connectivity index is 1.57. The van der Waals surface area contributed by atoms with Gasteiger partial charge in [0, 0.05) is 5.69 Å². The molecule has 0 aliphatic rings. The van der Waals surface area contributed by atoms with Crippen molar-refractivity contribution in [3.63, 3.8) is 0 Å². The number of rotatable bonds is 8. The van der Waals surface area contributed by atoms with Gasteiger partial charge in [0.25, 0.3) is 5.91 Å². The van der Waals surface area contributed by atoms with E-state index in [2.05, 4.69) is 5.32 Å². The van der Waals surface area contributed by atoms with Crippen LogP contribution in [0.4, 0.5) is 5.69 Å². The van der Waals surface area contributed by atoms with Crippen molar-refractivity contribution in [2.45, 2.75) is 13.0 Å². The van der Waals surface area contributed by atoms with Crippen molar-refractivity contribution >= 4 is 11.6 Å². The Labute approximate surface area is 170 Å². The summed E-state index contributed by atoms with van der Waals surface area (Å²) >= 11 is 0. The fourth-order valence-corrected chi connectivity index (χ4v) is 2.59. The van der Waals surface area contributed by atoms with Crippen molar-refractivity contribution < 1.29 is 23.7 Å². The highest BCUT2D eigenvalue weighted by atomic mass is 16.5. The van der Waals surface area contributed by atoms with Crippen molar-refractivity contribution in [3.05, 3.63) is 72.8 Å². The van der Waals surface area contributed by atoms with Gasteiger partial charge in [0.05, 0.1) is 14.2 Å². The van der Waals surface area contributed by atoms with Crippen LogP contribution >= 0.6 is 0 Å². The molecular weight excluding hydrogens is 370 g/mol. The normalized spacial score (nSPS) is 11.3. The number of methoxy groups -OCH3 is 2. The fourth-order valence-electron chi connectivity index (χ4n) is 2.59. The minimum atomic E-state index is -0.659. The lowest BCUT2D eigenvalue weighted by molar-refractivity contribution is -0.122. The quantitative estimate of drug-likeness (QED) is 0.589. The van der Waals surface area contributed by atoms with Gasteiger partial charge >= 0.3 is 0 Å². The van der Waals surface area contributed by atoms with Crippen LogP contribution in [0.1, 0.15) is 6.92 Å². The molecule has 6 nitrogen and oxygen atoms in total. The molecule has 0 heterocycles. The van der Waals surface area contributed by atoms with Crippen LogP contribution in [0.2, 0.25) is 0 Å².